The standard InChI is InChI=1S/C23H26N3O4/c1-15-11-18(7-8-19(15)21(28)26-9-2-3-10-26)23(22(29)30,13-20(25)27)17-6-4-5-16(12-17)14-24/h4-8,11-12,25H,2-3,9-10,13-14,24H2,1H3,(H,29,30). The molecule has 1 unspecified atom stereocenters. The minimum absolute atomic E-state index is 0.0702. The van der Waals surface area contributed by atoms with E-state index in [0.717, 1.165) is 31.5 Å². The Balaban J connectivity index is 2.13. The topological polar surface area (TPSA) is 124 Å². The summed E-state index contributed by atoms with van der Waals surface area (Å²) in [5.41, 5.74) is 14.1. The van der Waals surface area contributed by atoms with Gasteiger partial charge in [0.1, 0.15) is 5.41 Å². The van der Waals surface area contributed by atoms with Gasteiger partial charge >= 0.3 is 5.97 Å². The molecule has 0 aromatic heterocycles. The number of hydrogen-bond donors (Lipinski definition) is 2. The summed E-state index contributed by atoms with van der Waals surface area (Å²) in [4.78, 5) is 39.0. The maximum Gasteiger partial charge on any atom is 0.319 e. The van der Waals surface area contributed by atoms with Crippen molar-refractivity contribution in [2.75, 3.05) is 13.1 Å². The van der Waals surface area contributed by atoms with E-state index in [4.69, 9.17) is 11.5 Å². The molecule has 1 aliphatic rings. The number of rotatable bonds is 7. The van der Waals surface area contributed by atoms with E-state index in [9.17, 15) is 19.5 Å². The molecule has 3 rings (SSSR count). The molecule has 1 atom stereocenters. The number of nitrogens with two attached hydrogens (primary N) is 1. The highest BCUT2D eigenvalue weighted by Crippen LogP contribution is 2.38. The van der Waals surface area contributed by atoms with Gasteiger partial charge in [0, 0.05) is 25.2 Å². The van der Waals surface area contributed by atoms with Crippen molar-refractivity contribution in [3.05, 3.63) is 70.3 Å². The Bertz CT molecular complexity index is 982. The molecule has 1 aliphatic heterocycles. The Morgan fingerprint density at radius 1 is 1.10 bits per heavy atom. The maximum absolute atomic E-state index is 12.8. The molecule has 0 aliphatic carbocycles. The number of nitrogens with one attached hydrogen (secondary N) is 1. The van der Waals surface area contributed by atoms with E-state index < -0.39 is 23.7 Å². The van der Waals surface area contributed by atoms with Crippen molar-refractivity contribution < 1.29 is 19.5 Å². The Labute approximate surface area is 175 Å². The fourth-order valence-electron chi connectivity index (χ4n) is 4.16. The van der Waals surface area contributed by atoms with Crippen LogP contribution in [0.2, 0.25) is 0 Å². The van der Waals surface area contributed by atoms with Crippen molar-refractivity contribution in [2.45, 2.75) is 38.1 Å². The molecule has 1 fully saturated rings. The van der Waals surface area contributed by atoms with Gasteiger partial charge in [-0.15, -0.1) is 0 Å². The smallest absolute Gasteiger partial charge is 0.319 e. The van der Waals surface area contributed by atoms with Gasteiger partial charge in [-0.25, -0.2) is 0 Å². The molecule has 30 heavy (non-hydrogen) atoms. The zero-order valence-electron chi connectivity index (χ0n) is 17.0. The van der Waals surface area contributed by atoms with Crippen LogP contribution in [-0.4, -0.2) is 40.9 Å². The lowest BCUT2D eigenvalue weighted by Crippen LogP contribution is -2.40. The monoisotopic (exact) mass is 408 g/mol. The average molecular weight is 408 g/mol. The predicted octanol–water partition coefficient (Wildman–Crippen LogP) is 2.26. The second-order valence-corrected chi connectivity index (χ2v) is 7.74. The summed E-state index contributed by atoms with van der Waals surface area (Å²) in [6.45, 7) is 3.43. The highest BCUT2D eigenvalue weighted by atomic mass is 16.4. The molecule has 0 spiro atoms. The summed E-state index contributed by atoms with van der Waals surface area (Å²) in [5, 5.41) is 10.2. The summed E-state index contributed by atoms with van der Waals surface area (Å²) in [5.74, 6) is -2.28. The van der Waals surface area contributed by atoms with Gasteiger partial charge in [0.15, 0.2) is 0 Å². The molecular weight excluding hydrogens is 382 g/mol. The number of aliphatic carboxylic acids is 1. The summed E-state index contributed by atoms with van der Waals surface area (Å²) in [7, 11) is 0. The molecule has 4 N–H and O–H groups in total. The van der Waals surface area contributed by atoms with Gasteiger partial charge in [0.05, 0.1) is 6.42 Å². The molecule has 2 aromatic rings. The van der Waals surface area contributed by atoms with Crippen molar-refractivity contribution in [1.29, 1.82) is 0 Å². The zero-order chi connectivity index (χ0) is 21.9. The van der Waals surface area contributed by atoms with Crippen LogP contribution in [-0.2, 0) is 21.5 Å². The maximum atomic E-state index is 12.8. The van der Waals surface area contributed by atoms with Crippen LogP contribution in [0, 0.1) is 6.92 Å². The molecule has 2 aromatic carbocycles. The number of benzene rings is 2. The molecule has 157 valence electrons. The van der Waals surface area contributed by atoms with Crippen LogP contribution >= 0.6 is 0 Å². The van der Waals surface area contributed by atoms with Gasteiger partial charge in [-0.1, -0.05) is 36.4 Å². The molecule has 7 heteroatoms. The van der Waals surface area contributed by atoms with Crippen molar-refractivity contribution in [3.63, 3.8) is 0 Å². The summed E-state index contributed by atoms with van der Waals surface area (Å²) < 4.78 is 0. The third-order valence-electron chi connectivity index (χ3n) is 5.79. The number of carboxylic acid groups (broad SMARTS) is 1. The quantitative estimate of drug-likeness (QED) is 0.727. The number of carbonyl (C=O) groups is 3. The molecule has 1 heterocycles. The van der Waals surface area contributed by atoms with E-state index in [-0.39, 0.29) is 12.5 Å². The number of nitrogens with zero attached hydrogens (tertiary/aromatic N) is 1. The normalized spacial score (nSPS) is 15.6. The number of carboxylic acids is 1. The summed E-state index contributed by atoms with van der Waals surface area (Å²) in [6.07, 6.45) is 1.44. The van der Waals surface area contributed by atoms with Crippen molar-refractivity contribution in [2.24, 2.45) is 5.73 Å². The minimum atomic E-state index is -1.73. The average Bonchev–Trinajstić information content (AvgIpc) is 3.26. The molecule has 2 amide bonds. The number of hydrogen-bond acceptors (Lipinski definition) is 4. The molecule has 1 saturated heterocycles. The Morgan fingerprint density at radius 2 is 1.77 bits per heavy atom. The third kappa shape index (κ3) is 3.93. The lowest BCUT2D eigenvalue weighted by atomic mass is 9.71. The van der Waals surface area contributed by atoms with Crippen LogP contribution in [0.25, 0.3) is 0 Å². The molecule has 7 nitrogen and oxygen atoms in total. The van der Waals surface area contributed by atoms with Crippen molar-refractivity contribution in [1.82, 2.24) is 10.6 Å². The lowest BCUT2D eigenvalue weighted by Gasteiger charge is -2.30. The molecular formula is C23H26N3O4. The number of carbonyl (C=O) groups excluding carboxylic acids is 2. The van der Waals surface area contributed by atoms with E-state index in [1.165, 1.54) is 0 Å². The predicted molar refractivity (Wildman–Crippen MR) is 112 cm³/mol. The van der Waals surface area contributed by atoms with E-state index >= 15 is 0 Å². The van der Waals surface area contributed by atoms with Gasteiger partial charge in [-0.05, 0) is 48.1 Å². The zero-order valence-corrected chi connectivity index (χ0v) is 17.0. The van der Waals surface area contributed by atoms with E-state index in [0.29, 0.717) is 22.3 Å². The Hall–Kier alpha value is -3.19. The van der Waals surface area contributed by atoms with Crippen LogP contribution in [0.15, 0.2) is 42.5 Å². The highest BCUT2D eigenvalue weighted by molar-refractivity contribution is 5.97. The van der Waals surface area contributed by atoms with E-state index in [2.05, 4.69) is 0 Å². The summed E-state index contributed by atoms with van der Waals surface area (Å²) >= 11 is 0. The summed E-state index contributed by atoms with van der Waals surface area (Å²) in [6, 6.07) is 11.6. The van der Waals surface area contributed by atoms with Crippen LogP contribution in [0.5, 0.6) is 0 Å². The first-order valence-corrected chi connectivity index (χ1v) is 9.97. The lowest BCUT2D eigenvalue weighted by molar-refractivity contribution is -0.144. The van der Waals surface area contributed by atoms with Crippen LogP contribution in [0.1, 0.15) is 51.9 Å². The second-order valence-electron chi connectivity index (χ2n) is 7.74. The largest absolute Gasteiger partial charge is 0.480 e. The number of aryl methyl sites for hydroxylation is 1. The molecule has 0 saturated carbocycles. The van der Waals surface area contributed by atoms with Crippen LogP contribution in [0.3, 0.4) is 0 Å². The first-order valence-electron chi connectivity index (χ1n) is 9.97. The molecule has 1 radical (unpaired) electrons. The van der Waals surface area contributed by atoms with Gasteiger partial charge in [-0.2, -0.15) is 0 Å². The third-order valence-corrected chi connectivity index (χ3v) is 5.79. The van der Waals surface area contributed by atoms with Crippen molar-refractivity contribution in [3.8, 4) is 0 Å². The second kappa shape index (κ2) is 8.67. The Morgan fingerprint density at radius 3 is 2.33 bits per heavy atom. The van der Waals surface area contributed by atoms with E-state index in [1.807, 2.05) is 0 Å². The SMILES string of the molecule is Cc1cc(C(CC([NH])=O)(C(=O)O)c2cccc(CN)c2)ccc1C(=O)N1CCCC1. The fraction of sp³-hybridized carbons (Fsp3) is 0.348. The minimum Gasteiger partial charge on any atom is -0.480 e. The van der Waals surface area contributed by atoms with Gasteiger partial charge < -0.3 is 15.7 Å². The van der Waals surface area contributed by atoms with E-state index in [1.54, 1.807) is 54.3 Å². The van der Waals surface area contributed by atoms with Crippen LogP contribution in [0.4, 0.5) is 0 Å². The van der Waals surface area contributed by atoms with Crippen LogP contribution < -0.4 is 11.5 Å². The number of likely N-dealkylation sites (tertiary alicyclic amines) is 1. The first kappa shape index (κ1) is 21.5. The van der Waals surface area contributed by atoms with Gasteiger partial charge in [0.2, 0.25) is 5.91 Å². The van der Waals surface area contributed by atoms with Crippen molar-refractivity contribution >= 4 is 17.8 Å². The van der Waals surface area contributed by atoms with Gasteiger partial charge in [-0.3, -0.25) is 20.1 Å². The highest BCUT2D eigenvalue weighted by Gasteiger charge is 2.44. The molecule has 0 bridgehead atoms. The fourth-order valence-corrected chi connectivity index (χ4v) is 4.16. The first-order chi connectivity index (χ1) is 14.3. The van der Waals surface area contributed by atoms with Gasteiger partial charge in [0.25, 0.3) is 5.91 Å². The number of amides is 2. The Kier molecular flexibility index (Phi) is 6.22.